The summed E-state index contributed by atoms with van der Waals surface area (Å²) in [6, 6.07) is 11.0. The van der Waals surface area contributed by atoms with Gasteiger partial charge in [-0.1, -0.05) is 6.07 Å². The number of nitrogens with zero attached hydrogens (tertiary/aromatic N) is 2. The van der Waals surface area contributed by atoms with Crippen molar-refractivity contribution >= 4 is 23.4 Å². The largest absolute Gasteiger partial charge is 0.343 e. The Bertz CT molecular complexity index is 954. The monoisotopic (exact) mass is 426 g/mol. The molecule has 3 amide bonds. The third-order valence-corrected chi connectivity index (χ3v) is 5.39. The van der Waals surface area contributed by atoms with Gasteiger partial charge >= 0.3 is 0 Å². The van der Waals surface area contributed by atoms with Crippen LogP contribution in [0.15, 0.2) is 42.5 Å². The molecule has 0 radical (unpaired) electrons. The summed E-state index contributed by atoms with van der Waals surface area (Å²) >= 11 is 0. The molecule has 1 fully saturated rings. The Hall–Kier alpha value is -3.26. The molecule has 0 saturated carbocycles. The zero-order chi connectivity index (χ0) is 22.4. The topological polar surface area (TPSA) is 81.8 Å². The summed E-state index contributed by atoms with van der Waals surface area (Å²) in [5, 5.41) is 5.41. The van der Waals surface area contributed by atoms with Crippen LogP contribution in [0, 0.1) is 19.7 Å². The van der Waals surface area contributed by atoms with E-state index in [1.54, 1.807) is 11.0 Å². The minimum absolute atomic E-state index is 0.0587. The van der Waals surface area contributed by atoms with E-state index in [1.807, 2.05) is 30.9 Å². The summed E-state index contributed by atoms with van der Waals surface area (Å²) in [5.74, 6) is -0.962. The SMILES string of the molecule is Cc1ccc(C(=O)NCC(=O)N2CCN(CC(=O)Nc3ccc(F)cc3)CC2)cc1C. The highest BCUT2D eigenvalue weighted by Crippen LogP contribution is 2.10. The predicted octanol–water partition coefficient (Wildman–Crippen LogP) is 1.96. The molecule has 2 aromatic carbocycles. The van der Waals surface area contributed by atoms with Crippen LogP contribution in [0.5, 0.6) is 0 Å². The third-order valence-electron chi connectivity index (χ3n) is 5.39. The average Bonchev–Trinajstić information content (AvgIpc) is 2.76. The molecule has 164 valence electrons. The number of hydrogen-bond donors (Lipinski definition) is 2. The Morgan fingerprint density at radius 3 is 2.26 bits per heavy atom. The molecule has 0 spiro atoms. The molecule has 8 heteroatoms. The summed E-state index contributed by atoms with van der Waals surface area (Å²) in [7, 11) is 0. The van der Waals surface area contributed by atoms with Crippen molar-refractivity contribution in [3.8, 4) is 0 Å². The number of carbonyl (C=O) groups is 3. The lowest BCUT2D eigenvalue weighted by atomic mass is 10.1. The molecule has 0 aliphatic carbocycles. The zero-order valence-electron chi connectivity index (χ0n) is 17.8. The highest BCUT2D eigenvalue weighted by atomic mass is 19.1. The van der Waals surface area contributed by atoms with E-state index in [9.17, 15) is 18.8 Å². The maximum atomic E-state index is 12.9. The summed E-state index contributed by atoms with van der Waals surface area (Å²) < 4.78 is 12.9. The fourth-order valence-corrected chi connectivity index (χ4v) is 3.34. The van der Waals surface area contributed by atoms with Crippen LogP contribution in [-0.2, 0) is 9.59 Å². The van der Waals surface area contributed by atoms with Crippen LogP contribution in [-0.4, -0.2) is 66.8 Å². The molecule has 0 aromatic heterocycles. The first-order valence-electron chi connectivity index (χ1n) is 10.2. The zero-order valence-corrected chi connectivity index (χ0v) is 17.8. The van der Waals surface area contributed by atoms with Crippen molar-refractivity contribution in [3.63, 3.8) is 0 Å². The van der Waals surface area contributed by atoms with Gasteiger partial charge in [-0.3, -0.25) is 19.3 Å². The van der Waals surface area contributed by atoms with Crippen molar-refractivity contribution < 1.29 is 18.8 Å². The van der Waals surface area contributed by atoms with Gasteiger partial charge in [0.1, 0.15) is 5.82 Å². The van der Waals surface area contributed by atoms with Crippen LogP contribution in [0.3, 0.4) is 0 Å². The molecule has 2 N–H and O–H groups in total. The maximum absolute atomic E-state index is 12.9. The van der Waals surface area contributed by atoms with Crippen molar-refractivity contribution in [1.82, 2.24) is 15.1 Å². The van der Waals surface area contributed by atoms with E-state index < -0.39 is 0 Å². The molecule has 1 aliphatic heterocycles. The van der Waals surface area contributed by atoms with Crippen LogP contribution >= 0.6 is 0 Å². The Kier molecular flexibility index (Phi) is 7.36. The van der Waals surface area contributed by atoms with Crippen LogP contribution < -0.4 is 10.6 Å². The van der Waals surface area contributed by atoms with Gasteiger partial charge in [0.15, 0.2) is 0 Å². The molecule has 1 aliphatic rings. The summed E-state index contributed by atoms with van der Waals surface area (Å²) in [4.78, 5) is 40.5. The first kappa shape index (κ1) is 22.4. The molecular weight excluding hydrogens is 399 g/mol. The minimum atomic E-state index is -0.357. The van der Waals surface area contributed by atoms with Crippen molar-refractivity contribution in [2.45, 2.75) is 13.8 Å². The second-order valence-corrected chi connectivity index (χ2v) is 7.69. The standard InChI is InChI=1S/C23H27FN4O3/c1-16-3-4-18(13-17(16)2)23(31)25-14-22(30)28-11-9-27(10-12-28)15-21(29)26-20-7-5-19(24)6-8-20/h3-8,13H,9-12,14-15H2,1-2H3,(H,25,31)(H,26,29). The number of benzene rings is 2. The highest BCUT2D eigenvalue weighted by molar-refractivity contribution is 5.96. The van der Waals surface area contributed by atoms with E-state index in [-0.39, 0.29) is 36.6 Å². The van der Waals surface area contributed by atoms with Crippen molar-refractivity contribution in [2.24, 2.45) is 0 Å². The molecule has 0 unspecified atom stereocenters. The molecule has 2 aromatic rings. The highest BCUT2D eigenvalue weighted by Gasteiger charge is 2.23. The number of anilines is 1. The van der Waals surface area contributed by atoms with E-state index in [2.05, 4.69) is 10.6 Å². The van der Waals surface area contributed by atoms with Crippen LogP contribution in [0.2, 0.25) is 0 Å². The second kappa shape index (κ2) is 10.2. The van der Waals surface area contributed by atoms with Gasteiger partial charge in [-0.15, -0.1) is 0 Å². The van der Waals surface area contributed by atoms with E-state index in [4.69, 9.17) is 0 Å². The molecular formula is C23H27FN4O3. The van der Waals surface area contributed by atoms with E-state index in [0.29, 0.717) is 37.4 Å². The van der Waals surface area contributed by atoms with Crippen LogP contribution in [0.4, 0.5) is 10.1 Å². The molecule has 3 rings (SSSR count). The fourth-order valence-electron chi connectivity index (χ4n) is 3.34. The smallest absolute Gasteiger partial charge is 0.251 e. The summed E-state index contributed by atoms with van der Waals surface area (Å²) in [6.07, 6.45) is 0. The Labute approximate surface area is 181 Å². The Morgan fingerprint density at radius 1 is 0.935 bits per heavy atom. The lowest BCUT2D eigenvalue weighted by Gasteiger charge is -2.34. The number of halogens is 1. The van der Waals surface area contributed by atoms with Crippen molar-refractivity contribution in [3.05, 3.63) is 65.0 Å². The molecule has 0 atom stereocenters. The molecule has 31 heavy (non-hydrogen) atoms. The fraction of sp³-hybridized carbons (Fsp3) is 0.348. The average molecular weight is 426 g/mol. The normalized spacial score (nSPS) is 14.2. The van der Waals surface area contributed by atoms with Gasteiger partial charge in [0, 0.05) is 37.4 Å². The lowest BCUT2D eigenvalue weighted by molar-refractivity contribution is -0.132. The number of aryl methyl sites for hydroxylation is 2. The van der Waals surface area contributed by atoms with Crippen LogP contribution in [0.1, 0.15) is 21.5 Å². The van der Waals surface area contributed by atoms with Gasteiger partial charge in [-0.05, 0) is 61.4 Å². The summed E-state index contributed by atoms with van der Waals surface area (Å²) in [5.41, 5.74) is 3.21. The van der Waals surface area contributed by atoms with Crippen LogP contribution in [0.25, 0.3) is 0 Å². The first-order valence-corrected chi connectivity index (χ1v) is 10.2. The number of rotatable bonds is 6. The number of nitrogens with one attached hydrogen (secondary N) is 2. The maximum Gasteiger partial charge on any atom is 0.251 e. The minimum Gasteiger partial charge on any atom is -0.343 e. The Balaban J connectivity index is 1.40. The number of carbonyl (C=O) groups excluding carboxylic acids is 3. The van der Waals surface area contributed by atoms with Gasteiger partial charge in [-0.25, -0.2) is 4.39 Å². The Morgan fingerprint density at radius 2 is 1.61 bits per heavy atom. The van der Waals surface area contributed by atoms with Gasteiger partial charge in [0.05, 0.1) is 13.1 Å². The quantitative estimate of drug-likeness (QED) is 0.740. The second-order valence-electron chi connectivity index (χ2n) is 7.69. The van der Waals surface area contributed by atoms with E-state index in [0.717, 1.165) is 11.1 Å². The van der Waals surface area contributed by atoms with Crippen molar-refractivity contribution in [2.75, 3.05) is 44.6 Å². The van der Waals surface area contributed by atoms with Gasteiger partial charge in [0.2, 0.25) is 11.8 Å². The molecule has 7 nitrogen and oxygen atoms in total. The predicted molar refractivity (Wildman–Crippen MR) is 116 cm³/mol. The van der Waals surface area contributed by atoms with Gasteiger partial charge in [-0.2, -0.15) is 0 Å². The summed E-state index contributed by atoms with van der Waals surface area (Å²) in [6.45, 7) is 6.16. The van der Waals surface area contributed by atoms with Gasteiger partial charge < -0.3 is 15.5 Å². The number of hydrogen-bond acceptors (Lipinski definition) is 4. The molecule has 1 saturated heterocycles. The number of piperazine rings is 1. The van der Waals surface area contributed by atoms with E-state index >= 15 is 0 Å². The molecule has 1 heterocycles. The first-order chi connectivity index (χ1) is 14.8. The van der Waals surface area contributed by atoms with Gasteiger partial charge in [0.25, 0.3) is 5.91 Å². The van der Waals surface area contributed by atoms with E-state index in [1.165, 1.54) is 24.3 Å². The third kappa shape index (κ3) is 6.36. The van der Waals surface area contributed by atoms with Crippen molar-refractivity contribution in [1.29, 1.82) is 0 Å². The molecule has 0 bridgehead atoms. The lowest BCUT2D eigenvalue weighted by Crippen LogP contribution is -2.52. The number of amides is 3.